The SMILES string of the molecule is O=C(O)c1cn[nH]c1S(=O)(=O)Nc1c(F)cccc1Br. The van der Waals surface area contributed by atoms with Gasteiger partial charge in [0.2, 0.25) is 0 Å². The average Bonchev–Trinajstić information content (AvgIpc) is 2.84. The molecule has 0 unspecified atom stereocenters. The van der Waals surface area contributed by atoms with Gasteiger partial charge in [-0.3, -0.25) is 9.82 Å². The maximum Gasteiger partial charge on any atom is 0.340 e. The molecule has 0 saturated heterocycles. The van der Waals surface area contributed by atoms with E-state index >= 15 is 0 Å². The zero-order valence-corrected chi connectivity index (χ0v) is 12.0. The number of carbonyl (C=O) groups is 1. The Morgan fingerprint density at radius 3 is 2.75 bits per heavy atom. The molecule has 0 atom stereocenters. The Balaban J connectivity index is 2.47. The molecule has 0 aliphatic carbocycles. The van der Waals surface area contributed by atoms with Crippen molar-refractivity contribution < 1.29 is 22.7 Å². The quantitative estimate of drug-likeness (QED) is 0.766. The Hall–Kier alpha value is -1.94. The van der Waals surface area contributed by atoms with Gasteiger partial charge in [0.1, 0.15) is 11.4 Å². The molecule has 3 N–H and O–H groups in total. The number of nitrogens with zero attached hydrogens (tertiary/aromatic N) is 1. The molecular formula is C10H7BrFN3O4S. The number of aromatic amines is 1. The van der Waals surface area contributed by atoms with Crippen LogP contribution >= 0.6 is 15.9 Å². The Morgan fingerprint density at radius 2 is 2.15 bits per heavy atom. The maximum atomic E-state index is 13.6. The van der Waals surface area contributed by atoms with E-state index in [4.69, 9.17) is 5.11 Å². The third kappa shape index (κ3) is 2.65. The first-order chi connectivity index (χ1) is 9.33. The number of aromatic carboxylic acids is 1. The predicted molar refractivity (Wildman–Crippen MR) is 70.5 cm³/mol. The Labute approximate surface area is 121 Å². The van der Waals surface area contributed by atoms with E-state index in [0.717, 1.165) is 12.3 Å². The van der Waals surface area contributed by atoms with E-state index in [9.17, 15) is 17.6 Å². The largest absolute Gasteiger partial charge is 0.478 e. The Bertz CT molecular complexity index is 754. The molecule has 0 saturated carbocycles. The second-order valence-corrected chi connectivity index (χ2v) is 6.09. The number of hydrogen-bond acceptors (Lipinski definition) is 4. The second-order valence-electron chi connectivity index (χ2n) is 3.62. The maximum absolute atomic E-state index is 13.6. The van der Waals surface area contributed by atoms with Crippen LogP contribution in [0.15, 0.2) is 33.9 Å². The highest BCUT2D eigenvalue weighted by Crippen LogP contribution is 2.27. The van der Waals surface area contributed by atoms with E-state index in [2.05, 4.69) is 26.1 Å². The molecule has 1 aromatic heterocycles. The molecule has 0 bridgehead atoms. The summed E-state index contributed by atoms with van der Waals surface area (Å²) in [6, 6.07) is 3.88. The van der Waals surface area contributed by atoms with Crippen molar-refractivity contribution in [2.75, 3.05) is 4.72 Å². The summed E-state index contributed by atoms with van der Waals surface area (Å²) < 4.78 is 39.8. The highest BCUT2D eigenvalue weighted by Gasteiger charge is 2.26. The number of para-hydroxylation sites is 1. The van der Waals surface area contributed by atoms with E-state index in [0.29, 0.717) is 0 Å². The first-order valence-electron chi connectivity index (χ1n) is 5.06. The molecule has 10 heteroatoms. The van der Waals surface area contributed by atoms with Gasteiger partial charge in [-0.15, -0.1) is 0 Å². The molecule has 20 heavy (non-hydrogen) atoms. The number of anilines is 1. The average molecular weight is 364 g/mol. The van der Waals surface area contributed by atoms with Gasteiger partial charge in [0.15, 0.2) is 5.03 Å². The molecule has 2 aromatic rings. The summed E-state index contributed by atoms with van der Waals surface area (Å²) in [5, 5.41) is 13.6. The lowest BCUT2D eigenvalue weighted by Gasteiger charge is -2.09. The van der Waals surface area contributed by atoms with Crippen LogP contribution in [0.25, 0.3) is 0 Å². The molecular weight excluding hydrogens is 357 g/mol. The van der Waals surface area contributed by atoms with Crippen molar-refractivity contribution in [1.29, 1.82) is 0 Å². The van der Waals surface area contributed by atoms with Crippen LogP contribution < -0.4 is 4.72 Å². The van der Waals surface area contributed by atoms with Crippen LogP contribution in [0.4, 0.5) is 10.1 Å². The lowest BCUT2D eigenvalue weighted by atomic mass is 10.3. The van der Waals surface area contributed by atoms with Gasteiger partial charge in [-0.2, -0.15) is 13.5 Å². The fourth-order valence-electron chi connectivity index (χ4n) is 1.41. The van der Waals surface area contributed by atoms with Crippen LogP contribution in [-0.2, 0) is 10.0 Å². The highest BCUT2D eigenvalue weighted by atomic mass is 79.9. The summed E-state index contributed by atoms with van der Waals surface area (Å²) >= 11 is 3.00. The Kier molecular flexibility index (Phi) is 3.77. The fraction of sp³-hybridized carbons (Fsp3) is 0. The molecule has 0 radical (unpaired) electrons. The van der Waals surface area contributed by atoms with Gasteiger partial charge in [0, 0.05) is 4.47 Å². The number of aromatic nitrogens is 2. The first kappa shape index (κ1) is 14.5. The smallest absolute Gasteiger partial charge is 0.340 e. The van der Waals surface area contributed by atoms with Crippen molar-refractivity contribution in [3.63, 3.8) is 0 Å². The van der Waals surface area contributed by atoms with Crippen molar-refractivity contribution in [3.8, 4) is 0 Å². The van der Waals surface area contributed by atoms with E-state index in [1.165, 1.54) is 12.1 Å². The van der Waals surface area contributed by atoms with Crippen LogP contribution in [0.3, 0.4) is 0 Å². The monoisotopic (exact) mass is 363 g/mol. The minimum absolute atomic E-state index is 0.178. The zero-order chi connectivity index (χ0) is 14.9. The van der Waals surface area contributed by atoms with Crippen LogP contribution in [0.2, 0.25) is 0 Å². The fourth-order valence-corrected chi connectivity index (χ4v) is 3.17. The van der Waals surface area contributed by atoms with E-state index in [-0.39, 0.29) is 10.2 Å². The lowest BCUT2D eigenvalue weighted by Crippen LogP contribution is -2.17. The van der Waals surface area contributed by atoms with Gasteiger partial charge < -0.3 is 5.11 Å². The first-order valence-corrected chi connectivity index (χ1v) is 7.34. The molecule has 106 valence electrons. The van der Waals surface area contributed by atoms with Gasteiger partial charge in [-0.05, 0) is 28.1 Å². The van der Waals surface area contributed by atoms with Crippen molar-refractivity contribution in [1.82, 2.24) is 10.2 Å². The number of hydrogen-bond donors (Lipinski definition) is 3. The summed E-state index contributed by atoms with van der Waals surface area (Å²) in [6.07, 6.45) is 0.854. The van der Waals surface area contributed by atoms with Crippen LogP contribution in [0.1, 0.15) is 10.4 Å². The number of sulfonamides is 1. The van der Waals surface area contributed by atoms with Crippen molar-refractivity contribution in [3.05, 3.63) is 40.2 Å². The molecule has 0 fully saturated rings. The molecule has 7 nitrogen and oxygen atoms in total. The third-order valence-corrected chi connectivity index (χ3v) is 4.29. The molecule has 0 amide bonds. The van der Waals surface area contributed by atoms with Crippen LogP contribution in [0.5, 0.6) is 0 Å². The molecule has 2 rings (SSSR count). The van der Waals surface area contributed by atoms with Gasteiger partial charge in [0.05, 0.1) is 11.9 Å². The van der Waals surface area contributed by atoms with E-state index in [1.54, 1.807) is 0 Å². The van der Waals surface area contributed by atoms with Crippen molar-refractivity contribution in [2.24, 2.45) is 0 Å². The number of H-pyrrole nitrogens is 1. The highest BCUT2D eigenvalue weighted by molar-refractivity contribution is 9.10. The number of carboxylic acid groups (broad SMARTS) is 1. The molecule has 0 spiro atoms. The van der Waals surface area contributed by atoms with Crippen molar-refractivity contribution in [2.45, 2.75) is 5.03 Å². The normalized spacial score (nSPS) is 11.3. The topological polar surface area (TPSA) is 112 Å². The second kappa shape index (κ2) is 5.21. The minimum atomic E-state index is -4.31. The summed E-state index contributed by atoms with van der Waals surface area (Å²) in [4.78, 5) is 10.9. The summed E-state index contributed by atoms with van der Waals surface area (Å²) in [5.41, 5.74) is -0.858. The number of nitrogens with one attached hydrogen (secondary N) is 2. The third-order valence-electron chi connectivity index (χ3n) is 2.30. The van der Waals surface area contributed by atoms with Gasteiger partial charge in [-0.1, -0.05) is 6.07 Å². The number of benzene rings is 1. The van der Waals surface area contributed by atoms with E-state index < -0.39 is 32.4 Å². The predicted octanol–water partition coefficient (Wildman–Crippen LogP) is 1.81. The number of halogens is 2. The van der Waals surface area contributed by atoms with Crippen LogP contribution in [0, 0.1) is 5.82 Å². The number of rotatable bonds is 4. The minimum Gasteiger partial charge on any atom is -0.478 e. The zero-order valence-electron chi connectivity index (χ0n) is 9.59. The summed E-state index contributed by atoms with van der Waals surface area (Å²) in [7, 11) is -4.31. The van der Waals surface area contributed by atoms with Crippen molar-refractivity contribution >= 4 is 37.6 Å². The molecule has 1 heterocycles. The Morgan fingerprint density at radius 1 is 1.45 bits per heavy atom. The van der Waals surface area contributed by atoms with E-state index in [1.807, 2.05) is 4.72 Å². The summed E-state index contributed by atoms with van der Waals surface area (Å²) in [6.45, 7) is 0. The summed E-state index contributed by atoms with van der Waals surface area (Å²) in [5.74, 6) is -2.27. The lowest BCUT2D eigenvalue weighted by molar-refractivity contribution is 0.0692. The number of carboxylic acids is 1. The molecule has 1 aromatic carbocycles. The van der Waals surface area contributed by atoms with Gasteiger partial charge in [0.25, 0.3) is 10.0 Å². The van der Waals surface area contributed by atoms with Gasteiger partial charge in [-0.25, -0.2) is 9.18 Å². The van der Waals surface area contributed by atoms with Crippen LogP contribution in [-0.4, -0.2) is 29.7 Å². The van der Waals surface area contributed by atoms with Gasteiger partial charge >= 0.3 is 5.97 Å². The standard InChI is InChI=1S/C10H7BrFN3O4S/c11-6-2-1-3-7(12)8(6)15-20(18,19)9-5(10(16)17)4-13-14-9/h1-4,15H,(H,13,14)(H,16,17). The molecule has 0 aliphatic heterocycles. The molecule has 0 aliphatic rings.